The minimum Gasteiger partial charge on any atom is -0.454 e. The van der Waals surface area contributed by atoms with Gasteiger partial charge < -0.3 is 45.1 Å². The molecule has 0 aromatic rings. The van der Waals surface area contributed by atoms with E-state index in [1.54, 1.807) is 6.08 Å². The van der Waals surface area contributed by atoms with Crippen molar-refractivity contribution >= 4 is 11.9 Å². The number of esters is 1. The van der Waals surface area contributed by atoms with Crippen molar-refractivity contribution in [3.05, 3.63) is 24.3 Å². The predicted molar refractivity (Wildman–Crippen MR) is 389 cm³/mol. The van der Waals surface area contributed by atoms with E-state index in [1.165, 1.54) is 315 Å². The molecule has 1 amide bonds. The average Bonchev–Trinajstić information content (AvgIpc) is 0.875. The fraction of sp³-hybridized carbons (Fsp3) is 0.926. The number of rotatable bonds is 72. The quantitative estimate of drug-likeness (QED) is 0.0195. The molecule has 1 heterocycles. The van der Waals surface area contributed by atoms with Crippen LogP contribution in [0, 0.1) is 0 Å². The van der Waals surface area contributed by atoms with Gasteiger partial charge in [-0.05, 0) is 51.4 Å². The van der Waals surface area contributed by atoms with Gasteiger partial charge in [-0.1, -0.05) is 385 Å². The molecule has 1 fully saturated rings. The summed E-state index contributed by atoms with van der Waals surface area (Å²) in [5.74, 6) is -1.17. The number of nitrogens with one attached hydrogen (secondary N) is 1. The van der Waals surface area contributed by atoms with E-state index >= 15 is 0 Å². The lowest BCUT2D eigenvalue weighted by molar-refractivity contribution is -0.305. The zero-order chi connectivity index (χ0) is 66.7. The first-order valence-electron chi connectivity index (χ1n) is 40.6. The number of hydrogen-bond donors (Lipinski definition) is 6. The van der Waals surface area contributed by atoms with Gasteiger partial charge in [-0.25, -0.2) is 0 Å². The first-order chi connectivity index (χ1) is 45.2. The Kier molecular flexibility index (Phi) is 66.2. The number of hydrogen-bond acceptors (Lipinski definition) is 10. The Labute approximate surface area is 569 Å². The second-order valence-corrected chi connectivity index (χ2v) is 28.5. The Morgan fingerprint density at radius 1 is 0.413 bits per heavy atom. The highest BCUT2D eigenvalue weighted by atomic mass is 16.7. The van der Waals surface area contributed by atoms with Gasteiger partial charge in [0, 0.05) is 6.42 Å². The van der Waals surface area contributed by atoms with Crippen LogP contribution in [-0.4, -0.2) is 99.6 Å². The van der Waals surface area contributed by atoms with Crippen LogP contribution in [0.2, 0.25) is 0 Å². The summed E-state index contributed by atoms with van der Waals surface area (Å²) in [5.41, 5.74) is 0. The lowest BCUT2D eigenvalue weighted by Crippen LogP contribution is -2.61. The largest absolute Gasteiger partial charge is 0.454 e. The van der Waals surface area contributed by atoms with Crippen LogP contribution in [0.4, 0.5) is 0 Å². The standard InChI is InChI=1S/C81H155NO10/c1-4-7-10-13-16-19-22-25-27-29-31-33-35-37-39-40-42-44-46-48-50-53-56-59-62-65-68-74(85)80(89)82-72(73(84)67-64-61-58-55-52-24-21-18-15-12-9-6-3)71-90-81-79(78(88)77(87)75(70-83)91-81)92-76(86)69-66-63-60-57-54-51-49-47-45-43-41-38-36-34-32-30-28-26-23-20-17-14-11-8-5-2/h26,28,64,67,72-75,77-79,81,83-85,87-88H,4-25,27,29-63,65-66,68-71H2,1-3H3,(H,82,89)/b28-26+,67-64+. The number of aliphatic hydroxyl groups is 5. The summed E-state index contributed by atoms with van der Waals surface area (Å²) in [7, 11) is 0. The Balaban J connectivity index is 2.47. The minimum absolute atomic E-state index is 0.130. The summed E-state index contributed by atoms with van der Waals surface area (Å²) < 4.78 is 17.8. The van der Waals surface area contributed by atoms with Crippen molar-refractivity contribution < 1.29 is 49.3 Å². The van der Waals surface area contributed by atoms with E-state index in [1.807, 2.05) is 6.08 Å². The second kappa shape index (κ2) is 69.1. The molecule has 0 aliphatic carbocycles. The highest BCUT2D eigenvalue weighted by Crippen LogP contribution is 2.27. The summed E-state index contributed by atoms with van der Waals surface area (Å²) in [6.07, 6.45) is 75.3. The highest BCUT2D eigenvalue weighted by molar-refractivity contribution is 5.80. The van der Waals surface area contributed by atoms with Crippen molar-refractivity contribution in [2.75, 3.05) is 13.2 Å². The van der Waals surface area contributed by atoms with Gasteiger partial charge in [-0.2, -0.15) is 0 Å². The van der Waals surface area contributed by atoms with Crippen molar-refractivity contribution in [1.29, 1.82) is 0 Å². The van der Waals surface area contributed by atoms with Gasteiger partial charge in [0.25, 0.3) is 0 Å². The molecule has 0 bridgehead atoms. The van der Waals surface area contributed by atoms with Crippen LogP contribution in [0.5, 0.6) is 0 Å². The average molecular weight is 1300 g/mol. The topological polar surface area (TPSA) is 175 Å². The molecular weight excluding hydrogens is 1150 g/mol. The molecule has 11 heteroatoms. The van der Waals surface area contributed by atoms with Gasteiger partial charge in [0.1, 0.15) is 24.4 Å². The lowest BCUT2D eigenvalue weighted by atomic mass is 9.99. The number of unbranched alkanes of at least 4 members (excludes halogenated alkanes) is 56. The maximum atomic E-state index is 13.5. The molecule has 1 aliphatic heterocycles. The molecule has 1 aliphatic rings. The fourth-order valence-corrected chi connectivity index (χ4v) is 13.2. The van der Waals surface area contributed by atoms with E-state index in [0.717, 1.165) is 57.8 Å². The van der Waals surface area contributed by atoms with Crippen LogP contribution in [0.1, 0.15) is 419 Å². The molecule has 0 saturated carbocycles. The maximum Gasteiger partial charge on any atom is 0.306 e. The van der Waals surface area contributed by atoms with Crippen molar-refractivity contribution in [3.8, 4) is 0 Å². The molecule has 0 aromatic heterocycles. The van der Waals surface area contributed by atoms with Gasteiger partial charge >= 0.3 is 5.97 Å². The minimum atomic E-state index is -1.61. The summed E-state index contributed by atoms with van der Waals surface area (Å²) in [5, 5.41) is 57.4. The lowest BCUT2D eigenvalue weighted by Gasteiger charge is -2.41. The summed E-state index contributed by atoms with van der Waals surface area (Å²) >= 11 is 0. The van der Waals surface area contributed by atoms with Crippen molar-refractivity contribution in [2.45, 2.75) is 468 Å². The van der Waals surface area contributed by atoms with E-state index in [4.69, 9.17) is 14.2 Å². The van der Waals surface area contributed by atoms with E-state index < -0.39 is 67.4 Å². The Bertz CT molecular complexity index is 1600. The SMILES string of the molecule is CCCCCCCC/C=C/CCCCCCCCCCCCCCCCCC(=O)OC1C(OCC(NC(=O)C(O)CCCCCCCCCCCCCCCCCCCCCCCCCCCC)C(O)/C=C/CCCCCCCCCCCC)OC(CO)C(O)C1O. The van der Waals surface area contributed by atoms with E-state index in [-0.39, 0.29) is 13.0 Å². The Morgan fingerprint density at radius 3 is 1.05 bits per heavy atom. The van der Waals surface area contributed by atoms with Crippen molar-refractivity contribution in [1.82, 2.24) is 5.32 Å². The van der Waals surface area contributed by atoms with E-state index in [9.17, 15) is 35.1 Å². The van der Waals surface area contributed by atoms with E-state index in [0.29, 0.717) is 19.3 Å². The van der Waals surface area contributed by atoms with Gasteiger partial charge in [0.2, 0.25) is 5.91 Å². The third-order valence-corrected chi connectivity index (χ3v) is 19.6. The summed E-state index contributed by atoms with van der Waals surface area (Å²) in [6.45, 7) is 5.87. The molecule has 8 unspecified atom stereocenters. The van der Waals surface area contributed by atoms with Gasteiger partial charge in [0.15, 0.2) is 12.4 Å². The Morgan fingerprint density at radius 2 is 0.717 bits per heavy atom. The number of carbonyl (C=O) groups excluding carboxylic acids is 2. The number of aliphatic hydroxyl groups excluding tert-OH is 5. The molecule has 0 aromatic carbocycles. The Hall–Kier alpha value is -1.86. The number of ether oxygens (including phenoxy) is 3. The zero-order valence-corrected chi connectivity index (χ0v) is 61.0. The highest BCUT2D eigenvalue weighted by Gasteiger charge is 2.47. The third-order valence-electron chi connectivity index (χ3n) is 19.6. The zero-order valence-electron chi connectivity index (χ0n) is 61.0. The van der Waals surface area contributed by atoms with Crippen LogP contribution in [0.15, 0.2) is 24.3 Å². The molecule has 11 nitrogen and oxygen atoms in total. The number of allylic oxidation sites excluding steroid dienone is 3. The van der Waals surface area contributed by atoms with Crippen molar-refractivity contribution in [2.24, 2.45) is 0 Å². The van der Waals surface area contributed by atoms with Gasteiger partial charge in [-0.3, -0.25) is 9.59 Å². The summed E-state index contributed by atoms with van der Waals surface area (Å²) in [4.78, 5) is 26.8. The number of carbonyl (C=O) groups is 2. The van der Waals surface area contributed by atoms with Crippen molar-refractivity contribution in [3.63, 3.8) is 0 Å². The van der Waals surface area contributed by atoms with Crippen LogP contribution in [0.3, 0.4) is 0 Å². The molecule has 0 spiro atoms. The maximum absolute atomic E-state index is 13.5. The molecule has 92 heavy (non-hydrogen) atoms. The smallest absolute Gasteiger partial charge is 0.306 e. The van der Waals surface area contributed by atoms with Gasteiger partial charge in [0.05, 0.1) is 25.4 Å². The first-order valence-corrected chi connectivity index (χ1v) is 40.6. The molecule has 1 saturated heterocycles. The molecule has 6 N–H and O–H groups in total. The molecule has 544 valence electrons. The fourth-order valence-electron chi connectivity index (χ4n) is 13.2. The van der Waals surface area contributed by atoms with Crippen LogP contribution in [-0.2, 0) is 23.8 Å². The van der Waals surface area contributed by atoms with Crippen LogP contribution < -0.4 is 5.32 Å². The van der Waals surface area contributed by atoms with Gasteiger partial charge in [-0.15, -0.1) is 0 Å². The molecule has 8 atom stereocenters. The molecule has 1 rings (SSSR count). The summed E-state index contributed by atoms with van der Waals surface area (Å²) in [6, 6.07) is -1.02. The molecule has 0 radical (unpaired) electrons. The first kappa shape index (κ1) is 88.2. The second-order valence-electron chi connectivity index (χ2n) is 28.5. The van der Waals surface area contributed by atoms with E-state index in [2.05, 4.69) is 38.2 Å². The third kappa shape index (κ3) is 55.2. The van der Waals surface area contributed by atoms with Crippen LogP contribution in [0.25, 0.3) is 0 Å². The normalized spacial score (nSPS) is 17.9. The van der Waals surface area contributed by atoms with Crippen LogP contribution >= 0.6 is 0 Å². The predicted octanol–water partition coefficient (Wildman–Crippen LogP) is 21.9. The monoisotopic (exact) mass is 1300 g/mol. The molecular formula is C81H155NO10. The number of amides is 1.